The molecule has 2 unspecified atom stereocenters. The molecule has 1 aliphatic heterocycles. The number of carbonyl (C=O) groups is 2. The smallest absolute Gasteiger partial charge is 0.254 e. The van der Waals surface area contributed by atoms with Gasteiger partial charge in [-0.2, -0.15) is 0 Å². The Bertz CT molecular complexity index is 546. The molecule has 0 spiro atoms. The Kier molecular flexibility index (Phi) is 3.80. The molecule has 2 amide bonds. The van der Waals surface area contributed by atoms with Crippen LogP contribution < -0.4 is 16.2 Å². The van der Waals surface area contributed by atoms with Crippen LogP contribution in [0.25, 0.3) is 0 Å². The zero-order valence-electron chi connectivity index (χ0n) is 11.1. The predicted octanol–water partition coefficient (Wildman–Crippen LogP) is -0.662. The average molecular weight is 279 g/mol. The van der Waals surface area contributed by atoms with Crippen molar-refractivity contribution in [1.82, 2.24) is 4.90 Å². The highest BCUT2D eigenvalue weighted by atomic mass is 16.5. The fourth-order valence-corrected chi connectivity index (χ4v) is 2.32. The van der Waals surface area contributed by atoms with E-state index >= 15 is 0 Å². The maximum atomic E-state index is 12.4. The number of likely N-dealkylation sites (tertiary alicyclic amines) is 1. The second-order valence-corrected chi connectivity index (χ2v) is 4.72. The molecule has 1 saturated heterocycles. The number of aliphatic hydroxyl groups is 1. The molecule has 1 aliphatic rings. The summed E-state index contributed by atoms with van der Waals surface area (Å²) in [5, 5.41) is 9.61. The first kappa shape index (κ1) is 14.1. The fraction of sp³-hybridized carbons (Fsp3) is 0.385. The van der Waals surface area contributed by atoms with E-state index in [2.05, 4.69) is 0 Å². The standard InChI is InChI=1S/C13H17N3O4/c1-20-11-4-7(2-3-9(11)14)13(19)16-6-8(17)5-10(16)12(15)18/h2-4,8,10,17H,5-6,14H2,1H3,(H2,15,18). The van der Waals surface area contributed by atoms with Gasteiger partial charge in [0.05, 0.1) is 18.9 Å². The molecule has 108 valence electrons. The van der Waals surface area contributed by atoms with Crippen molar-refractivity contribution in [3.05, 3.63) is 23.8 Å². The topological polar surface area (TPSA) is 119 Å². The second-order valence-electron chi connectivity index (χ2n) is 4.72. The number of nitrogens with two attached hydrogens (primary N) is 2. The lowest BCUT2D eigenvalue weighted by Gasteiger charge is -2.22. The molecule has 1 fully saturated rings. The normalized spacial score (nSPS) is 21.8. The summed E-state index contributed by atoms with van der Waals surface area (Å²) in [6, 6.07) is 3.81. The molecule has 1 heterocycles. The number of methoxy groups -OCH3 is 1. The van der Waals surface area contributed by atoms with Crippen molar-refractivity contribution in [3.8, 4) is 5.75 Å². The van der Waals surface area contributed by atoms with Gasteiger partial charge in [0, 0.05) is 18.5 Å². The molecule has 2 atom stereocenters. The number of hydrogen-bond donors (Lipinski definition) is 3. The summed E-state index contributed by atoms with van der Waals surface area (Å²) >= 11 is 0. The van der Waals surface area contributed by atoms with Crippen molar-refractivity contribution in [1.29, 1.82) is 0 Å². The average Bonchev–Trinajstić information content (AvgIpc) is 2.81. The van der Waals surface area contributed by atoms with Gasteiger partial charge in [0.2, 0.25) is 5.91 Å². The van der Waals surface area contributed by atoms with E-state index in [1.54, 1.807) is 12.1 Å². The highest BCUT2D eigenvalue weighted by Crippen LogP contribution is 2.25. The van der Waals surface area contributed by atoms with Crippen molar-refractivity contribution in [2.24, 2.45) is 5.73 Å². The summed E-state index contributed by atoms with van der Waals surface area (Å²) in [6.07, 6.45) is -0.583. The molecule has 7 heteroatoms. The van der Waals surface area contributed by atoms with Crippen LogP contribution in [0, 0.1) is 0 Å². The van der Waals surface area contributed by atoms with Crippen LogP contribution in [0.3, 0.4) is 0 Å². The number of amides is 2. The van der Waals surface area contributed by atoms with E-state index in [1.165, 1.54) is 18.1 Å². The minimum atomic E-state index is -0.791. The van der Waals surface area contributed by atoms with Gasteiger partial charge in [0.25, 0.3) is 5.91 Å². The van der Waals surface area contributed by atoms with E-state index in [4.69, 9.17) is 16.2 Å². The van der Waals surface area contributed by atoms with Gasteiger partial charge in [-0.05, 0) is 18.2 Å². The summed E-state index contributed by atoms with van der Waals surface area (Å²) in [5.41, 5.74) is 11.7. The SMILES string of the molecule is COc1cc(C(=O)N2CC(O)CC2C(N)=O)ccc1N. The van der Waals surface area contributed by atoms with Gasteiger partial charge >= 0.3 is 0 Å². The monoisotopic (exact) mass is 279 g/mol. The van der Waals surface area contributed by atoms with Crippen LogP contribution in [-0.4, -0.2) is 47.6 Å². The first-order valence-electron chi connectivity index (χ1n) is 6.16. The van der Waals surface area contributed by atoms with Crippen LogP contribution in [0.2, 0.25) is 0 Å². The number of nitrogens with zero attached hydrogens (tertiary/aromatic N) is 1. The number of nitrogen functional groups attached to an aromatic ring is 1. The Morgan fingerprint density at radius 2 is 2.15 bits per heavy atom. The van der Waals surface area contributed by atoms with Gasteiger partial charge in [0.15, 0.2) is 0 Å². The summed E-state index contributed by atoms with van der Waals surface area (Å²) in [5.74, 6) is -0.632. The van der Waals surface area contributed by atoms with Crippen molar-refractivity contribution in [2.75, 3.05) is 19.4 Å². The molecule has 1 aromatic carbocycles. The summed E-state index contributed by atoms with van der Waals surface area (Å²) in [4.78, 5) is 25.0. The minimum absolute atomic E-state index is 0.0825. The molecule has 5 N–H and O–H groups in total. The number of hydrogen-bond acceptors (Lipinski definition) is 5. The molecule has 0 saturated carbocycles. The van der Waals surface area contributed by atoms with Crippen LogP contribution >= 0.6 is 0 Å². The first-order chi connectivity index (χ1) is 9.43. The zero-order valence-corrected chi connectivity index (χ0v) is 11.1. The van der Waals surface area contributed by atoms with Crippen LogP contribution in [-0.2, 0) is 4.79 Å². The number of aliphatic hydroxyl groups excluding tert-OH is 1. The fourth-order valence-electron chi connectivity index (χ4n) is 2.32. The molecule has 2 rings (SSSR count). The summed E-state index contributed by atoms with van der Waals surface area (Å²) in [7, 11) is 1.45. The number of benzene rings is 1. The third-order valence-electron chi connectivity index (χ3n) is 3.35. The van der Waals surface area contributed by atoms with E-state index in [0.29, 0.717) is 17.0 Å². The number of rotatable bonds is 3. The minimum Gasteiger partial charge on any atom is -0.495 e. The third kappa shape index (κ3) is 2.53. The van der Waals surface area contributed by atoms with Crippen molar-refractivity contribution in [2.45, 2.75) is 18.6 Å². The highest BCUT2D eigenvalue weighted by Gasteiger charge is 2.38. The van der Waals surface area contributed by atoms with E-state index < -0.39 is 18.1 Å². The highest BCUT2D eigenvalue weighted by molar-refractivity contribution is 5.98. The van der Waals surface area contributed by atoms with Crippen molar-refractivity contribution < 1.29 is 19.4 Å². The van der Waals surface area contributed by atoms with Gasteiger partial charge in [-0.25, -0.2) is 0 Å². The molecular weight excluding hydrogens is 262 g/mol. The number of carbonyl (C=O) groups excluding carboxylic acids is 2. The number of β-amino-alcohol motifs (C(OH)–C–C–N with tert-alkyl or cyclic N) is 1. The Morgan fingerprint density at radius 1 is 1.45 bits per heavy atom. The molecular formula is C13H17N3O4. The third-order valence-corrected chi connectivity index (χ3v) is 3.35. The Balaban J connectivity index is 2.28. The van der Waals surface area contributed by atoms with Crippen LogP contribution in [0.1, 0.15) is 16.8 Å². The van der Waals surface area contributed by atoms with E-state index in [-0.39, 0.29) is 18.9 Å². The van der Waals surface area contributed by atoms with Crippen molar-refractivity contribution >= 4 is 17.5 Å². The lowest BCUT2D eigenvalue weighted by Crippen LogP contribution is -2.43. The van der Waals surface area contributed by atoms with E-state index in [9.17, 15) is 14.7 Å². The lowest BCUT2D eigenvalue weighted by atomic mass is 10.1. The largest absolute Gasteiger partial charge is 0.495 e. The van der Waals surface area contributed by atoms with E-state index in [0.717, 1.165) is 0 Å². The molecule has 0 radical (unpaired) electrons. The maximum absolute atomic E-state index is 12.4. The van der Waals surface area contributed by atoms with Crippen molar-refractivity contribution in [3.63, 3.8) is 0 Å². The molecule has 0 aliphatic carbocycles. The lowest BCUT2D eigenvalue weighted by molar-refractivity contribution is -0.121. The van der Waals surface area contributed by atoms with Gasteiger partial charge in [-0.15, -0.1) is 0 Å². The zero-order chi connectivity index (χ0) is 14.9. The van der Waals surface area contributed by atoms with Gasteiger partial charge in [0.1, 0.15) is 11.8 Å². The molecule has 0 aromatic heterocycles. The Hall–Kier alpha value is -2.28. The van der Waals surface area contributed by atoms with Crippen LogP contribution in [0.5, 0.6) is 5.75 Å². The van der Waals surface area contributed by atoms with Crippen LogP contribution in [0.4, 0.5) is 5.69 Å². The Morgan fingerprint density at radius 3 is 2.75 bits per heavy atom. The number of anilines is 1. The quantitative estimate of drug-likeness (QED) is 0.634. The molecule has 0 bridgehead atoms. The molecule has 7 nitrogen and oxygen atoms in total. The summed E-state index contributed by atoms with van der Waals surface area (Å²) in [6.45, 7) is 0.0825. The first-order valence-corrected chi connectivity index (χ1v) is 6.16. The van der Waals surface area contributed by atoms with Gasteiger partial charge < -0.3 is 26.2 Å². The van der Waals surface area contributed by atoms with Crippen LogP contribution in [0.15, 0.2) is 18.2 Å². The molecule has 20 heavy (non-hydrogen) atoms. The Labute approximate surface area is 116 Å². The maximum Gasteiger partial charge on any atom is 0.254 e. The second kappa shape index (κ2) is 5.38. The van der Waals surface area contributed by atoms with E-state index in [1.807, 2.05) is 0 Å². The molecule has 1 aromatic rings. The van der Waals surface area contributed by atoms with Gasteiger partial charge in [-0.3, -0.25) is 9.59 Å². The van der Waals surface area contributed by atoms with Gasteiger partial charge in [-0.1, -0.05) is 0 Å². The summed E-state index contributed by atoms with van der Waals surface area (Å²) < 4.78 is 5.06. The number of ether oxygens (including phenoxy) is 1. The number of primary amides is 1. The predicted molar refractivity (Wildman–Crippen MR) is 72.0 cm³/mol.